The zero-order valence-corrected chi connectivity index (χ0v) is 6.19. The summed E-state index contributed by atoms with van der Waals surface area (Å²) >= 11 is 0. The molecule has 1 amide bonds. The number of allylic oxidation sites excluding steroid dienone is 1. The summed E-state index contributed by atoms with van der Waals surface area (Å²) in [6, 6.07) is 0. The zero-order chi connectivity index (χ0) is 7.28. The van der Waals surface area contributed by atoms with Gasteiger partial charge in [-0.1, -0.05) is 11.6 Å². The second-order valence-electron chi connectivity index (χ2n) is 2.04. The predicted octanol–water partition coefficient (Wildman–Crippen LogP) is 1.09. The molecule has 0 spiro atoms. The maximum atomic E-state index is 10.3. The number of carbonyl (C=O) groups is 1. The van der Waals surface area contributed by atoms with Gasteiger partial charge in [0.15, 0.2) is 0 Å². The van der Waals surface area contributed by atoms with E-state index in [1.807, 2.05) is 19.9 Å². The fraction of sp³-hybridized carbons (Fsp3) is 0.571. The molecule has 2 nitrogen and oxygen atoms in total. The number of amides is 1. The molecule has 0 bridgehead atoms. The first-order valence-electron chi connectivity index (χ1n) is 3.03. The van der Waals surface area contributed by atoms with Crippen molar-refractivity contribution in [3.63, 3.8) is 0 Å². The fourth-order valence-corrected chi connectivity index (χ4v) is 0.366. The highest BCUT2D eigenvalue weighted by Gasteiger charge is 1.88. The van der Waals surface area contributed by atoms with Gasteiger partial charge in [0, 0.05) is 13.5 Å². The average Bonchev–Trinajstić information content (AvgIpc) is 1.83. The van der Waals surface area contributed by atoms with Crippen molar-refractivity contribution in [2.24, 2.45) is 0 Å². The average molecular weight is 127 g/mol. The molecule has 0 saturated carbocycles. The minimum absolute atomic E-state index is 0.0243. The lowest BCUT2D eigenvalue weighted by Crippen LogP contribution is -2.21. The molecule has 0 fully saturated rings. The Kier molecular flexibility index (Phi) is 3.76. The van der Waals surface area contributed by atoms with E-state index in [9.17, 15) is 4.79 Å². The largest absolute Gasteiger partial charge is 0.353 e. The molecule has 52 valence electrons. The normalized spacial score (nSPS) is 11.2. The van der Waals surface area contributed by atoms with Crippen LogP contribution < -0.4 is 5.32 Å². The van der Waals surface area contributed by atoms with E-state index in [-0.39, 0.29) is 5.91 Å². The summed E-state index contributed by atoms with van der Waals surface area (Å²) < 4.78 is 0. The monoisotopic (exact) mass is 127 g/mol. The summed E-state index contributed by atoms with van der Waals surface area (Å²) in [6.07, 6.45) is 1.98. The Morgan fingerprint density at radius 2 is 2.11 bits per heavy atom. The molecule has 0 atom stereocenters. The van der Waals surface area contributed by atoms with Gasteiger partial charge >= 0.3 is 0 Å². The lowest BCUT2D eigenvalue weighted by Gasteiger charge is -1.99. The molecule has 0 rings (SSSR count). The molecule has 9 heavy (non-hydrogen) atoms. The van der Waals surface area contributed by atoms with E-state index < -0.39 is 0 Å². The van der Waals surface area contributed by atoms with Crippen LogP contribution >= 0.6 is 0 Å². The maximum Gasteiger partial charge on any atom is 0.217 e. The first-order chi connectivity index (χ1) is 4.16. The minimum atomic E-state index is 0.0243. The Hall–Kier alpha value is -0.790. The lowest BCUT2D eigenvalue weighted by atomic mass is 10.3. The van der Waals surface area contributed by atoms with Gasteiger partial charge in [0.05, 0.1) is 0 Å². The Bertz CT molecular complexity index is 127. The van der Waals surface area contributed by atoms with Crippen molar-refractivity contribution >= 4 is 5.91 Å². The highest BCUT2D eigenvalue weighted by molar-refractivity contribution is 5.73. The van der Waals surface area contributed by atoms with Crippen molar-refractivity contribution in [1.29, 1.82) is 0 Å². The molecule has 0 radical (unpaired) electrons. The molecule has 0 saturated heterocycles. The van der Waals surface area contributed by atoms with Crippen molar-refractivity contribution in [3.05, 3.63) is 11.6 Å². The maximum absolute atomic E-state index is 10.3. The Morgan fingerprint density at radius 1 is 1.56 bits per heavy atom. The molecule has 0 unspecified atom stereocenters. The summed E-state index contributed by atoms with van der Waals surface area (Å²) in [5.74, 6) is 0.0243. The minimum Gasteiger partial charge on any atom is -0.353 e. The number of carbonyl (C=O) groups excluding carboxylic acids is 1. The van der Waals surface area contributed by atoms with Crippen LogP contribution in [0.5, 0.6) is 0 Å². The summed E-state index contributed by atoms with van der Waals surface area (Å²) in [7, 11) is 0. The van der Waals surface area contributed by atoms with Crippen LogP contribution in [0.1, 0.15) is 20.8 Å². The molecule has 0 heterocycles. The zero-order valence-electron chi connectivity index (χ0n) is 6.19. The number of nitrogens with one attached hydrogen (secondary N) is 1. The van der Waals surface area contributed by atoms with E-state index in [1.165, 1.54) is 12.5 Å². The van der Waals surface area contributed by atoms with E-state index in [2.05, 4.69) is 5.32 Å². The van der Waals surface area contributed by atoms with Crippen LogP contribution in [0.4, 0.5) is 0 Å². The van der Waals surface area contributed by atoms with Gasteiger partial charge in [0.1, 0.15) is 0 Å². The van der Waals surface area contributed by atoms with Gasteiger partial charge in [0.25, 0.3) is 0 Å². The van der Waals surface area contributed by atoms with E-state index in [0.29, 0.717) is 6.54 Å². The van der Waals surface area contributed by atoms with Gasteiger partial charge in [-0.15, -0.1) is 0 Å². The van der Waals surface area contributed by atoms with Crippen molar-refractivity contribution in [3.8, 4) is 0 Å². The summed E-state index contributed by atoms with van der Waals surface area (Å²) in [6.45, 7) is 6.13. The number of hydrogen-bond donors (Lipinski definition) is 1. The third kappa shape index (κ3) is 5.07. The Labute approximate surface area is 56.0 Å². The van der Waals surface area contributed by atoms with Gasteiger partial charge in [-0.2, -0.15) is 0 Å². The quantitative estimate of drug-likeness (QED) is 0.553. The number of hydrogen-bond acceptors (Lipinski definition) is 1. The van der Waals surface area contributed by atoms with E-state index in [1.54, 1.807) is 0 Å². The molecule has 0 aromatic carbocycles. The van der Waals surface area contributed by atoms with Gasteiger partial charge in [-0.3, -0.25) is 4.79 Å². The van der Waals surface area contributed by atoms with Crippen LogP contribution in [-0.4, -0.2) is 12.5 Å². The molecule has 0 aliphatic heterocycles. The van der Waals surface area contributed by atoms with Crippen LogP contribution in [0.3, 0.4) is 0 Å². The number of rotatable bonds is 2. The van der Waals surface area contributed by atoms with E-state index >= 15 is 0 Å². The SMILES string of the molecule is C/C=C(\C)CNC(C)=O. The van der Waals surface area contributed by atoms with Gasteiger partial charge < -0.3 is 5.32 Å². The van der Waals surface area contributed by atoms with Gasteiger partial charge in [-0.05, 0) is 13.8 Å². The highest BCUT2D eigenvalue weighted by atomic mass is 16.1. The summed E-state index contributed by atoms with van der Waals surface area (Å²) in [5, 5.41) is 2.69. The van der Waals surface area contributed by atoms with Crippen LogP contribution in [0.25, 0.3) is 0 Å². The van der Waals surface area contributed by atoms with Crippen LogP contribution in [0.15, 0.2) is 11.6 Å². The molecule has 0 aliphatic rings. The van der Waals surface area contributed by atoms with Crippen LogP contribution in [-0.2, 0) is 4.79 Å². The second kappa shape index (κ2) is 4.13. The molecular weight excluding hydrogens is 114 g/mol. The summed E-state index contributed by atoms with van der Waals surface area (Å²) in [5.41, 5.74) is 1.19. The van der Waals surface area contributed by atoms with Crippen molar-refractivity contribution < 1.29 is 4.79 Å². The topological polar surface area (TPSA) is 29.1 Å². The van der Waals surface area contributed by atoms with Crippen molar-refractivity contribution in [2.45, 2.75) is 20.8 Å². The fourth-order valence-electron chi connectivity index (χ4n) is 0.366. The smallest absolute Gasteiger partial charge is 0.217 e. The van der Waals surface area contributed by atoms with Crippen LogP contribution in [0, 0.1) is 0 Å². The third-order valence-electron chi connectivity index (χ3n) is 1.11. The first kappa shape index (κ1) is 8.21. The van der Waals surface area contributed by atoms with Crippen molar-refractivity contribution in [1.82, 2.24) is 5.32 Å². The van der Waals surface area contributed by atoms with E-state index in [0.717, 1.165) is 0 Å². The lowest BCUT2D eigenvalue weighted by molar-refractivity contribution is -0.118. The second-order valence-corrected chi connectivity index (χ2v) is 2.04. The third-order valence-corrected chi connectivity index (χ3v) is 1.11. The molecular formula is C7H13NO. The van der Waals surface area contributed by atoms with Crippen molar-refractivity contribution in [2.75, 3.05) is 6.54 Å². The molecule has 2 heteroatoms. The molecule has 1 N–H and O–H groups in total. The molecule has 0 aromatic heterocycles. The summed E-state index contributed by atoms with van der Waals surface area (Å²) in [4.78, 5) is 10.3. The Balaban J connectivity index is 3.39. The standard InChI is InChI=1S/C7H13NO/c1-4-6(2)5-8-7(3)9/h4H,5H2,1-3H3,(H,8,9)/b6-4+. The van der Waals surface area contributed by atoms with Crippen LogP contribution in [0.2, 0.25) is 0 Å². The highest BCUT2D eigenvalue weighted by Crippen LogP contribution is 1.86. The van der Waals surface area contributed by atoms with E-state index in [4.69, 9.17) is 0 Å². The molecule has 0 aromatic rings. The Morgan fingerprint density at radius 3 is 2.44 bits per heavy atom. The predicted molar refractivity (Wildman–Crippen MR) is 38.1 cm³/mol. The molecule has 0 aliphatic carbocycles. The first-order valence-corrected chi connectivity index (χ1v) is 3.03. The van der Waals surface area contributed by atoms with Gasteiger partial charge in [-0.25, -0.2) is 0 Å². The van der Waals surface area contributed by atoms with Gasteiger partial charge in [0.2, 0.25) is 5.91 Å².